The number of nitrogens with zero attached hydrogens (tertiary/aromatic N) is 1. The second-order valence-corrected chi connectivity index (χ2v) is 4.93. The van der Waals surface area contributed by atoms with Crippen LogP contribution in [0.2, 0.25) is 0 Å². The van der Waals surface area contributed by atoms with Gasteiger partial charge in [0.25, 0.3) is 0 Å². The molecule has 0 aromatic carbocycles. The Morgan fingerprint density at radius 3 is 1.85 bits per heavy atom. The van der Waals surface area contributed by atoms with Gasteiger partial charge >= 0.3 is 0 Å². The van der Waals surface area contributed by atoms with Gasteiger partial charge in [0.15, 0.2) is 0 Å². The van der Waals surface area contributed by atoms with E-state index in [0.29, 0.717) is 6.04 Å². The van der Waals surface area contributed by atoms with Gasteiger partial charge in [-0.3, -0.25) is 0 Å². The van der Waals surface area contributed by atoms with Crippen molar-refractivity contribution in [3.63, 3.8) is 0 Å². The summed E-state index contributed by atoms with van der Waals surface area (Å²) >= 11 is 0. The highest BCUT2D eigenvalue weighted by Gasteiger charge is 2.11. The molecule has 0 unspecified atom stereocenters. The van der Waals surface area contributed by atoms with Crippen molar-refractivity contribution in [2.75, 3.05) is 7.05 Å². The lowest BCUT2D eigenvalue weighted by atomic mass is 10.0. The van der Waals surface area contributed by atoms with Gasteiger partial charge in [0.05, 0.1) is 0 Å². The summed E-state index contributed by atoms with van der Waals surface area (Å²) in [5.74, 6) is 0.858. The molecule has 0 spiro atoms. The predicted octanol–water partition coefficient (Wildman–Crippen LogP) is 3.54. The second kappa shape index (κ2) is 6.42. The maximum absolute atomic E-state index is 2.46. The quantitative estimate of drug-likeness (QED) is 0.612. The molecule has 13 heavy (non-hydrogen) atoms. The fourth-order valence-corrected chi connectivity index (χ4v) is 1.53. The molecule has 0 aliphatic heterocycles. The molecule has 0 saturated heterocycles. The minimum atomic E-state index is 0.675. The van der Waals surface area contributed by atoms with Crippen LogP contribution in [0.3, 0.4) is 0 Å². The van der Waals surface area contributed by atoms with Gasteiger partial charge in [-0.2, -0.15) is 0 Å². The van der Waals surface area contributed by atoms with Crippen molar-refractivity contribution in [3.05, 3.63) is 0 Å². The van der Waals surface area contributed by atoms with Crippen LogP contribution in [0.1, 0.15) is 53.9 Å². The fraction of sp³-hybridized carbons (Fsp3) is 1.00. The molecule has 0 radical (unpaired) electrons. The Kier molecular flexibility index (Phi) is 6.40. The summed E-state index contributed by atoms with van der Waals surface area (Å²) in [5, 5.41) is 0. The lowest BCUT2D eigenvalue weighted by Gasteiger charge is -2.28. The van der Waals surface area contributed by atoms with Crippen LogP contribution in [0.5, 0.6) is 0 Å². The third-order valence-corrected chi connectivity index (χ3v) is 2.91. The van der Waals surface area contributed by atoms with E-state index in [0.717, 1.165) is 12.0 Å². The molecule has 0 aliphatic rings. The number of hydrogen-bond donors (Lipinski definition) is 0. The van der Waals surface area contributed by atoms with Gasteiger partial charge in [0, 0.05) is 12.1 Å². The Morgan fingerprint density at radius 2 is 1.46 bits per heavy atom. The van der Waals surface area contributed by atoms with Crippen molar-refractivity contribution in [1.29, 1.82) is 0 Å². The average molecular weight is 185 g/mol. The second-order valence-electron chi connectivity index (χ2n) is 4.93. The molecule has 0 bridgehead atoms. The molecule has 0 saturated carbocycles. The zero-order valence-corrected chi connectivity index (χ0v) is 10.3. The standard InChI is InChI=1S/C12H27N/c1-10(2)8-7-9-12(5)13(6)11(3)4/h10-12H,7-9H2,1-6H3/t12-/m1/s1. The smallest absolute Gasteiger partial charge is 0.00665 e. The molecule has 1 atom stereocenters. The minimum Gasteiger partial charge on any atom is -0.301 e. The Hall–Kier alpha value is -0.0400. The van der Waals surface area contributed by atoms with Gasteiger partial charge in [-0.1, -0.05) is 26.7 Å². The van der Waals surface area contributed by atoms with Crippen molar-refractivity contribution in [2.45, 2.75) is 66.0 Å². The van der Waals surface area contributed by atoms with E-state index in [9.17, 15) is 0 Å². The molecule has 1 nitrogen and oxygen atoms in total. The van der Waals surface area contributed by atoms with Crippen LogP contribution >= 0.6 is 0 Å². The van der Waals surface area contributed by atoms with Crippen LogP contribution in [0.4, 0.5) is 0 Å². The van der Waals surface area contributed by atoms with Crippen LogP contribution < -0.4 is 0 Å². The Labute approximate surface area is 84.5 Å². The highest BCUT2D eigenvalue weighted by molar-refractivity contribution is 4.66. The van der Waals surface area contributed by atoms with Crippen molar-refractivity contribution < 1.29 is 0 Å². The maximum atomic E-state index is 2.46. The average Bonchev–Trinajstić information content (AvgIpc) is 2.02. The largest absolute Gasteiger partial charge is 0.301 e. The summed E-state index contributed by atoms with van der Waals surface area (Å²) in [7, 11) is 2.23. The van der Waals surface area contributed by atoms with E-state index in [1.807, 2.05) is 0 Å². The van der Waals surface area contributed by atoms with Crippen LogP contribution in [0.25, 0.3) is 0 Å². The molecule has 1 heteroatoms. The third kappa shape index (κ3) is 6.09. The summed E-state index contributed by atoms with van der Waals surface area (Å²) in [6.07, 6.45) is 4.08. The normalized spacial score (nSPS) is 14.5. The Morgan fingerprint density at radius 1 is 0.923 bits per heavy atom. The molecule has 0 N–H and O–H groups in total. The van der Waals surface area contributed by atoms with Gasteiger partial charge in [0.1, 0.15) is 0 Å². The van der Waals surface area contributed by atoms with Crippen molar-refractivity contribution in [1.82, 2.24) is 4.90 Å². The van der Waals surface area contributed by atoms with Gasteiger partial charge in [-0.25, -0.2) is 0 Å². The monoisotopic (exact) mass is 185 g/mol. The van der Waals surface area contributed by atoms with E-state index in [2.05, 4.69) is 46.6 Å². The Balaban J connectivity index is 3.55. The molecular weight excluding hydrogens is 158 g/mol. The molecule has 0 aliphatic carbocycles. The molecule has 80 valence electrons. The van der Waals surface area contributed by atoms with Gasteiger partial charge < -0.3 is 4.90 Å². The molecule has 0 heterocycles. The maximum Gasteiger partial charge on any atom is 0.00665 e. The fourth-order valence-electron chi connectivity index (χ4n) is 1.53. The predicted molar refractivity (Wildman–Crippen MR) is 61.1 cm³/mol. The highest BCUT2D eigenvalue weighted by atomic mass is 15.1. The molecule has 0 fully saturated rings. The summed E-state index contributed by atoms with van der Waals surface area (Å²) in [6, 6.07) is 1.41. The highest BCUT2D eigenvalue weighted by Crippen LogP contribution is 2.12. The van der Waals surface area contributed by atoms with Crippen molar-refractivity contribution >= 4 is 0 Å². The molecular formula is C12H27N. The Bertz CT molecular complexity index is 118. The first-order valence-electron chi connectivity index (χ1n) is 5.67. The van der Waals surface area contributed by atoms with E-state index in [1.165, 1.54) is 19.3 Å². The van der Waals surface area contributed by atoms with Gasteiger partial charge in [-0.15, -0.1) is 0 Å². The summed E-state index contributed by atoms with van der Waals surface area (Å²) in [5.41, 5.74) is 0. The van der Waals surface area contributed by atoms with Crippen LogP contribution in [-0.4, -0.2) is 24.0 Å². The molecule has 0 aromatic heterocycles. The molecule has 0 rings (SSSR count). The van der Waals surface area contributed by atoms with E-state index in [1.54, 1.807) is 0 Å². The molecule has 0 aromatic rings. The first-order valence-corrected chi connectivity index (χ1v) is 5.67. The first kappa shape index (κ1) is 13.0. The zero-order chi connectivity index (χ0) is 10.4. The summed E-state index contributed by atoms with van der Waals surface area (Å²) < 4.78 is 0. The van der Waals surface area contributed by atoms with E-state index in [4.69, 9.17) is 0 Å². The summed E-state index contributed by atoms with van der Waals surface area (Å²) in [4.78, 5) is 2.46. The lowest BCUT2D eigenvalue weighted by molar-refractivity contribution is 0.194. The summed E-state index contributed by atoms with van der Waals surface area (Å²) in [6.45, 7) is 11.5. The van der Waals surface area contributed by atoms with E-state index < -0.39 is 0 Å². The zero-order valence-electron chi connectivity index (χ0n) is 10.3. The van der Waals surface area contributed by atoms with Crippen LogP contribution in [-0.2, 0) is 0 Å². The minimum absolute atomic E-state index is 0.675. The van der Waals surface area contributed by atoms with Crippen molar-refractivity contribution in [2.24, 2.45) is 5.92 Å². The van der Waals surface area contributed by atoms with Crippen molar-refractivity contribution in [3.8, 4) is 0 Å². The number of hydrogen-bond acceptors (Lipinski definition) is 1. The van der Waals surface area contributed by atoms with Crippen LogP contribution in [0.15, 0.2) is 0 Å². The first-order chi connectivity index (χ1) is 5.95. The van der Waals surface area contributed by atoms with E-state index >= 15 is 0 Å². The van der Waals surface area contributed by atoms with Crippen LogP contribution in [0, 0.1) is 5.92 Å². The molecule has 0 amide bonds. The topological polar surface area (TPSA) is 3.24 Å². The van der Waals surface area contributed by atoms with Gasteiger partial charge in [-0.05, 0) is 40.2 Å². The number of rotatable bonds is 6. The van der Waals surface area contributed by atoms with E-state index in [-0.39, 0.29) is 0 Å². The van der Waals surface area contributed by atoms with Gasteiger partial charge in [0.2, 0.25) is 0 Å². The lowest BCUT2D eigenvalue weighted by Crippen LogP contribution is -2.34. The SMILES string of the molecule is CC(C)CCC[C@@H](C)N(C)C(C)C. The third-order valence-electron chi connectivity index (χ3n) is 2.91.